The highest BCUT2D eigenvalue weighted by Gasteiger charge is 2.09. The lowest BCUT2D eigenvalue weighted by Crippen LogP contribution is -2.15. The van der Waals surface area contributed by atoms with Crippen molar-refractivity contribution in [1.29, 1.82) is 0 Å². The molecule has 3 aromatic rings. The number of nitrogens with one attached hydrogen (secondary N) is 2. The summed E-state index contributed by atoms with van der Waals surface area (Å²) in [7, 11) is 0. The zero-order valence-corrected chi connectivity index (χ0v) is 14.8. The fourth-order valence-corrected chi connectivity index (χ4v) is 2.39. The first kappa shape index (κ1) is 17.5. The van der Waals surface area contributed by atoms with Crippen LogP contribution in [0.3, 0.4) is 0 Å². The number of benzene rings is 1. The van der Waals surface area contributed by atoms with Gasteiger partial charge in [-0.05, 0) is 47.4 Å². The summed E-state index contributed by atoms with van der Waals surface area (Å²) >= 11 is 0. The molecule has 2 heterocycles. The van der Waals surface area contributed by atoms with E-state index < -0.39 is 0 Å². The fraction of sp³-hybridized carbons (Fsp3) is 0.200. The van der Waals surface area contributed by atoms with Gasteiger partial charge in [0.25, 0.3) is 5.91 Å². The van der Waals surface area contributed by atoms with Gasteiger partial charge < -0.3 is 10.6 Å². The topological polar surface area (TPSA) is 79.8 Å². The first-order chi connectivity index (χ1) is 12.6. The van der Waals surface area contributed by atoms with Crippen molar-refractivity contribution in [2.45, 2.75) is 26.3 Å². The molecule has 0 aliphatic heterocycles. The number of aromatic nitrogens is 3. The van der Waals surface area contributed by atoms with E-state index in [1.165, 1.54) is 5.56 Å². The predicted octanol–water partition coefficient (Wildman–Crippen LogP) is 3.86. The molecule has 2 N–H and O–H groups in total. The largest absolute Gasteiger partial charge is 0.364 e. The highest BCUT2D eigenvalue weighted by Crippen LogP contribution is 2.17. The number of rotatable bonds is 6. The Morgan fingerprint density at radius 1 is 1.04 bits per heavy atom. The van der Waals surface area contributed by atoms with Crippen LogP contribution in [-0.4, -0.2) is 21.1 Å². The molecule has 0 unspecified atom stereocenters. The van der Waals surface area contributed by atoms with Crippen LogP contribution in [0.2, 0.25) is 0 Å². The second kappa shape index (κ2) is 8.20. The van der Waals surface area contributed by atoms with E-state index in [0.29, 0.717) is 18.3 Å². The third-order valence-corrected chi connectivity index (χ3v) is 3.93. The number of carbonyl (C=O) groups is 1. The van der Waals surface area contributed by atoms with Gasteiger partial charge in [0.05, 0.1) is 0 Å². The first-order valence-electron chi connectivity index (χ1n) is 8.49. The van der Waals surface area contributed by atoms with E-state index in [1.807, 2.05) is 36.4 Å². The van der Waals surface area contributed by atoms with Crippen LogP contribution in [0.1, 0.15) is 41.4 Å². The molecule has 1 amide bonds. The van der Waals surface area contributed by atoms with Crippen LogP contribution in [0.5, 0.6) is 0 Å². The molecule has 0 saturated carbocycles. The zero-order valence-electron chi connectivity index (χ0n) is 14.8. The summed E-state index contributed by atoms with van der Waals surface area (Å²) < 4.78 is 0. The smallest absolute Gasteiger partial charge is 0.276 e. The molecular formula is C20H21N5O. The Labute approximate surface area is 152 Å². The van der Waals surface area contributed by atoms with Gasteiger partial charge in [-0.2, -0.15) is 0 Å². The van der Waals surface area contributed by atoms with Crippen molar-refractivity contribution >= 4 is 17.4 Å². The normalized spacial score (nSPS) is 10.6. The monoisotopic (exact) mass is 347 g/mol. The average Bonchev–Trinajstić information content (AvgIpc) is 2.68. The first-order valence-corrected chi connectivity index (χ1v) is 8.49. The highest BCUT2D eigenvalue weighted by atomic mass is 16.1. The van der Waals surface area contributed by atoms with Gasteiger partial charge in [-0.1, -0.05) is 32.0 Å². The molecule has 0 spiro atoms. The van der Waals surface area contributed by atoms with E-state index in [4.69, 9.17) is 0 Å². The molecular weight excluding hydrogens is 326 g/mol. The second-order valence-corrected chi connectivity index (χ2v) is 6.25. The Kier molecular flexibility index (Phi) is 5.53. The van der Waals surface area contributed by atoms with E-state index in [9.17, 15) is 4.79 Å². The molecule has 3 rings (SSSR count). The molecule has 0 fully saturated rings. The van der Waals surface area contributed by atoms with Crippen LogP contribution < -0.4 is 10.6 Å². The van der Waals surface area contributed by atoms with E-state index >= 15 is 0 Å². The molecule has 2 aromatic heterocycles. The van der Waals surface area contributed by atoms with E-state index in [-0.39, 0.29) is 11.6 Å². The molecule has 6 nitrogen and oxygen atoms in total. The SMILES string of the molecule is CC(C)c1ccc(NC(=O)c2ccc(NCc3cccnc3)nn2)cc1. The van der Waals surface area contributed by atoms with Gasteiger partial charge in [-0.15, -0.1) is 10.2 Å². The number of nitrogens with zero attached hydrogens (tertiary/aromatic N) is 3. The molecule has 132 valence electrons. The van der Waals surface area contributed by atoms with Gasteiger partial charge >= 0.3 is 0 Å². The Hall–Kier alpha value is -3.28. The minimum Gasteiger partial charge on any atom is -0.364 e. The molecule has 0 atom stereocenters. The van der Waals surface area contributed by atoms with Crippen molar-refractivity contribution in [3.8, 4) is 0 Å². The summed E-state index contributed by atoms with van der Waals surface area (Å²) in [6.07, 6.45) is 3.51. The summed E-state index contributed by atoms with van der Waals surface area (Å²) in [6, 6.07) is 15.0. The highest BCUT2D eigenvalue weighted by molar-refractivity contribution is 6.02. The molecule has 0 radical (unpaired) electrons. The van der Waals surface area contributed by atoms with E-state index in [1.54, 1.807) is 24.5 Å². The number of hydrogen-bond acceptors (Lipinski definition) is 5. The number of hydrogen-bond donors (Lipinski definition) is 2. The van der Waals surface area contributed by atoms with Crippen molar-refractivity contribution in [3.05, 3.63) is 77.7 Å². The number of anilines is 2. The van der Waals surface area contributed by atoms with Gasteiger partial charge in [-0.25, -0.2) is 0 Å². The Balaban J connectivity index is 1.58. The van der Waals surface area contributed by atoms with Gasteiger partial charge in [0.15, 0.2) is 5.69 Å². The average molecular weight is 347 g/mol. The maximum Gasteiger partial charge on any atom is 0.276 e. The Morgan fingerprint density at radius 3 is 2.46 bits per heavy atom. The lowest BCUT2D eigenvalue weighted by atomic mass is 10.0. The number of amides is 1. The molecule has 0 bridgehead atoms. The lowest BCUT2D eigenvalue weighted by Gasteiger charge is -2.08. The summed E-state index contributed by atoms with van der Waals surface area (Å²) in [5.74, 6) is 0.776. The van der Waals surface area contributed by atoms with Gasteiger partial charge in [0.2, 0.25) is 0 Å². The standard InChI is InChI=1S/C20H21N5O/c1-14(2)16-5-7-17(8-6-16)23-20(26)18-9-10-19(25-24-18)22-13-15-4-3-11-21-12-15/h3-12,14H,13H2,1-2H3,(H,22,25)(H,23,26). The van der Waals surface area contributed by atoms with Crippen molar-refractivity contribution in [2.24, 2.45) is 0 Å². The minimum atomic E-state index is -0.284. The quantitative estimate of drug-likeness (QED) is 0.708. The molecule has 6 heteroatoms. The van der Waals surface area contributed by atoms with Crippen molar-refractivity contribution < 1.29 is 4.79 Å². The third-order valence-electron chi connectivity index (χ3n) is 3.93. The minimum absolute atomic E-state index is 0.268. The summed E-state index contributed by atoms with van der Waals surface area (Å²) in [5, 5.41) is 14.0. The molecule has 0 saturated heterocycles. The van der Waals surface area contributed by atoms with Crippen LogP contribution in [0.25, 0.3) is 0 Å². The van der Waals surface area contributed by atoms with Crippen LogP contribution >= 0.6 is 0 Å². The third kappa shape index (κ3) is 4.63. The maximum absolute atomic E-state index is 12.3. The van der Waals surface area contributed by atoms with E-state index in [2.05, 4.69) is 39.7 Å². The van der Waals surface area contributed by atoms with Gasteiger partial charge in [0.1, 0.15) is 5.82 Å². The molecule has 0 aliphatic rings. The Morgan fingerprint density at radius 2 is 1.85 bits per heavy atom. The van der Waals surface area contributed by atoms with Crippen molar-refractivity contribution in [1.82, 2.24) is 15.2 Å². The van der Waals surface area contributed by atoms with Crippen LogP contribution in [0, 0.1) is 0 Å². The summed E-state index contributed by atoms with van der Waals surface area (Å²) in [4.78, 5) is 16.3. The summed E-state index contributed by atoms with van der Waals surface area (Å²) in [5.41, 5.74) is 3.28. The molecule has 26 heavy (non-hydrogen) atoms. The van der Waals surface area contributed by atoms with Crippen molar-refractivity contribution in [3.63, 3.8) is 0 Å². The maximum atomic E-state index is 12.3. The van der Waals surface area contributed by atoms with Gasteiger partial charge in [0, 0.05) is 24.6 Å². The second-order valence-electron chi connectivity index (χ2n) is 6.25. The molecule has 1 aromatic carbocycles. The molecule has 0 aliphatic carbocycles. The number of carbonyl (C=O) groups excluding carboxylic acids is 1. The van der Waals surface area contributed by atoms with Gasteiger partial charge in [-0.3, -0.25) is 9.78 Å². The lowest BCUT2D eigenvalue weighted by molar-refractivity contribution is 0.102. The van der Waals surface area contributed by atoms with Crippen LogP contribution in [0.4, 0.5) is 11.5 Å². The van der Waals surface area contributed by atoms with E-state index in [0.717, 1.165) is 11.3 Å². The zero-order chi connectivity index (χ0) is 18.4. The Bertz CT molecular complexity index is 846. The van der Waals surface area contributed by atoms with Crippen molar-refractivity contribution in [2.75, 3.05) is 10.6 Å². The fourth-order valence-electron chi connectivity index (χ4n) is 2.39. The predicted molar refractivity (Wildman–Crippen MR) is 102 cm³/mol. The van der Waals surface area contributed by atoms with Crippen LogP contribution in [-0.2, 0) is 6.54 Å². The van der Waals surface area contributed by atoms with Crippen LogP contribution in [0.15, 0.2) is 60.9 Å². The number of pyridine rings is 1. The summed E-state index contributed by atoms with van der Waals surface area (Å²) in [6.45, 7) is 4.86.